The first-order valence-electron chi connectivity index (χ1n) is 7.61. The van der Waals surface area contributed by atoms with E-state index in [2.05, 4.69) is 9.97 Å². The Morgan fingerprint density at radius 3 is 2.52 bits per heavy atom. The monoisotopic (exact) mass is 335 g/mol. The van der Waals surface area contributed by atoms with Gasteiger partial charge in [0.15, 0.2) is 0 Å². The summed E-state index contributed by atoms with van der Waals surface area (Å²) in [5.74, 6) is 0.976. The molecule has 5 nitrogen and oxygen atoms in total. The summed E-state index contributed by atoms with van der Waals surface area (Å²) in [6, 6.07) is 13.8. The zero-order chi connectivity index (χ0) is 17.4. The summed E-state index contributed by atoms with van der Waals surface area (Å²) in [7, 11) is 1.60. The molecule has 0 aliphatic heterocycles. The van der Waals surface area contributed by atoms with E-state index in [9.17, 15) is 4.39 Å². The van der Waals surface area contributed by atoms with Crippen LogP contribution in [0.5, 0.6) is 5.75 Å². The number of hydrogen-bond donors (Lipinski definition) is 1. The molecule has 0 aliphatic rings. The average molecular weight is 335 g/mol. The lowest BCUT2D eigenvalue weighted by atomic mass is 9.99. The van der Waals surface area contributed by atoms with E-state index >= 15 is 0 Å². The highest BCUT2D eigenvalue weighted by atomic mass is 19.1. The van der Waals surface area contributed by atoms with Crippen LogP contribution < -0.4 is 10.5 Å². The average Bonchev–Trinajstić information content (AvgIpc) is 3.03. The van der Waals surface area contributed by atoms with Crippen LogP contribution in [0.1, 0.15) is 0 Å². The second kappa shape index (κ2) is 5.90. The van der Waals surface area contributed by atoms with Crippen LogP contribution >= 0.6 is 0 Å². The maximum absolute atomic E-state index is 14.4. The van der Waals surface area contributed by atoms with Crippen LogP contribution in [0.2, 0.25) is 0 Å². The summed E-state index contributed by atoms with van der Waals surface area (Å²) in [5, 5.41) is 0.561. The molecule has 0 atom stereocenters. The summed E-state index contributed by atoms with van der Waals surface area (Å²) in [4.78, 5) is 8.18. The van der Waals surface area contributed by atoms with Crippen LogP contribution in [-0.4, -0.2) is 17.1 Å². The molecule has 2 N–H and O–H groups in total. The number of nitrogens with two attached hydrogens (primary N) is 1. The standard InChI is InChI=1S/C19H14FN3O2/c1-24-12-8-6-11(7-9-12)15-16-18(21)22-10-23-19(16)25-17(15)13-4-2-3-5-14(13)20/h2-10H,1H3,(H2,21,22,23). The zero-order valence-corrected chi connectivity index (χ0v) is 13.4. The van der Waals surface area contributed by atoms with Crippen LogP contribution in [0.25, 0.3) is 33.6 Å². The summed E-state index contributed by atoms with van der Waals surface area (Å²) < 4.78 is 25.4. The van der Waals surface area contributed by atoms with E-state index in [1.54, 1.807) is 25.3 Å². The highest BCUT2D eigenvalue weighted by molar-refractivity contribution is 6.05. The Balaban J connectivity index is 2.06. The fraction of sp³-hybridized carbons (Fsp3) is 0.0526. The predicted octanol–water partition coefficient (Wildman–Crippen LogP) is 4.29. The number of hydrogen-bond acceptors (Lipinski definition) is 5. The van der Waals surface area contributed by atoms with E-state index in [0.717, 1.165) is 5.56 Å². The van der Waals surface area contributed by atoms with Crippen molar-refractivity contribution in [2.24, 2.45) is 0 Å². The maximum Gasteiger partial charge on any atom is 0.232 e. The van der Waals surface area contributed by atoms with Gasteiger partial charge in [0.05, 0.1) is 18.1 Å². The number of anilines is 1. The van der Waals surface area contributed by atoms with Crippen LogP contribution in [0.3, 0.4) is 0 Å². The van der Waals surface area contributed by atoms with Crippen LogP contribution in [0, 0.1) is 5.82 Å². The quantitative estimate of drug-likeness (QED) is 0.604. The molecule has 25 heavy (non-hydrogen) atoms. The second-order valence-corrected chi connectivity index (χ2v) is 5.45. The van der Waals surface area contributed by atoms with Crippen molar-refractivity contribution in [2.75, 3.05) is 12.8 Å². The molecule has 4 aromatic rings. The maximum atomic E-state index is 14.4. The third-order valence-electron chi connectivity index (χ3n) is 4.01. The van der Waals surface area contributed by atoms with Crippen molar-refractivity contribution in [3.05, 3.63) is 60.7 Å². The number of ether oxygens (including phenoxy) is 1. The van der Waals surface area contributed by atoms with Gasteiger partial charge in [0, 0.05) is 5.56 Å². The molecule has 0 fully saturated rings. The first kappa shape index (κ1) is 15.1. The number of nitrogens with zero attached hydrogens (tertiary/aromatic N) is 2. The van der Waals surface area contributed by atoms with Crippen molar-refractivity contribution in [3.63, 3.8) is 0 Å². The summed E-state index contributed by atoms with van der Waals surface area (Å²) in [6.07, 6.45) is 1.32. The largest absolute Gasteiger partial charge is 0.497 e. The van der Waals surface area contributed by atoms with Gasteiger partial charge in [0.2, 0.25) is 5.71 Å². The third-order valence-corrected chi connectivity index (χ3v) is 4.01. The van der Waals surface area contributed by atoms with Crippen molar-refractivity contribution in [1.29, 1.82) is 0 Å². The lowest BCUT2D eigenvalue weighted by Gasteiger charge is -2.06. The normalized spacial score (nSPS) is 11.0. The Labute approximate surface area is 142 Å². The van der Waals surface area contributed by atoms with Gasteiger partial charge in [0.25, 0.3) is 0 Å². The number of furan rings is 1. The number of methoxy groups -OCH3 is 1. The molecule has 2 aromatic heterocycles. The fourth-order valence-corrected chi connectivity index (χ4v) is 2.82. The molecule has 0 spiro atoms. The Hall–Kier alpha value is -3.41. The SMILES string of the molecule is COc1ccc(-c2c(-c3ccccc3F)oc3ncnc(N)c23)cc1. The topological polar surface area (TPSA) is 74.2 Å². The van der Waals surface area contributed by atoms with Crippen LogP contribution in [-0.2, 0) is 0 Å². The Bertz CT molecular complexity index is 1060. The summed E-state index contributed by atoms with van der Waals surface area (Å²) >= 11 is 0. The number of aromatic nitrogens is 2. The molecule has 0 saturated carbocycles. The Morgan fingerprint density at radius 2 is 1.80 bits per heavy atom. The lowest BCUT2D eigenvalue weighted by molar-refractivity contribution is 0.415. The number of fused-ring (bicyclic) bond motifs is 1. The number of nitrogen functional groups attached to an aromatic ring is 1. The van der Waals surface area contributed by atoms with Crippen LogP contribution in [0.4, 0.5) is 10.2 Å². The second-order valence-electron chi connectivity index (χ2n) is 5.45. The van der Waals surface area contributed by atoms with E-state index in [0.29, 0.717) is 33.7 Å². The minimum absolute atomic E-state index is 0.280. The van der Waals surface area contributed by atoms with E-state index in [1.807, 2.05) is 24.3 Å². The zero-order valence-electron chi connectivity index (χ0n) is 13.4. The smallest absolute Gasteiger partial charge is 0.232 e. The molecular formula is C19H14FN3O2. The molecule has 0 saturated heterocycles. The molecular weight excluding hydrogens is 321 g/mol. The van der Waals surface area contributed by atoms with Gasteiger partial charge >= 0.3 is 0 Å². The van der Waals surface area contributed by atoms with E-state index in [4.69, 9.17) is 14.9 Å². The molecule has 2 aromatic carbocycles. The highest BCUT2D eigenvalue weighted by Gasteiger charge is 2.22. The van der Waals surface area contributed by atoms with E-state index < -0.39 is 0 Å². The van der Waals surface area contributed by atoms with Gasteiger partial charge in [-0.15, -0.1) is 0 Å². The van der Waals surface area contributed by atoms with Gasteiger partial charge < -0.3 is 14.9 Å². The minimum atomic E-state index is -0.386. The Morgan fingerprint density at radius 1 is 1.04 bits per heavy atom. The molecule has 0 unspecified atom stereocenters. The molecule has 0 radical (unpaired) electrons. The third kappa shape index (κ3) is 2.48. The van der Waals surface area contributed by atoms with Crippen LogP contribution in [0.15, 0.2) is 59.3 Å². The van der Waals surface area contributed by atoms with Crippen molar-refractivity contribution in [1.82, 2.24) is 9.97 Å². The molecule has 124 valence electrons. The highest BCUT2D eigenvalue weighted by Crippen LogP contribution is 2.42. The van der Waals surface area contributed by atoms with Crippen molar-refractivity contribution in [3.8, 4) is 28.2 Å². The first-order chi connectivity index (χ1) is 12.2. The van der Waals surface area contributed by atoms with Crippen molar-refractivity contribution in [2.45, 2.75) is 0 Å². The molecule has 0 amide bonds. The minimum Gasteiger partial charge on any atom is -0.497 e. The van der Waals surface area contributed by atoms with E-state index in [-0.39, 0.29) is 11.6 Å². The van der Waals surface area contributed by atoms with Gasteiger partial charge in [-0.1, -0.05) is 24.3 Å². The number of benzene rings is 2. The summed E-state index contributed by atoms with van der Waals surface area (Å²) in [5.41, 5.74) is 8.16. The van der Waals surface area contributed by atoms with Gasteiger partial charge in [-0.25, -0.2) is 14.4 Å². The number of halogens is 1. The van der Waals surface area contributed by atoms with E-state index in [1.165, 1.54) is 12.4 Å². The van der Waals surface area contributed by atoms with Gasteiger partial charge in [0.1, 0.15) is 29.5 Å². The van der Waals surface area contributed by atoms with Crippen molar-refractivity contribution >= 4 is 16.9 Å². The van der Waals surface area contributed by atoms with Crippen molar-refractivity contribution < 1.29 is 13.5 Å². The molecule has 2 heterocycles. The first-order valence-corrected chi connectivity index (χ1v) is 7.61. The number of rotatable bonds is 3. The Kier molecular flexibility index (Phi) is 3.57. The molecule has 6 heteroatoms. The van der Waals surface area contributed by atoms with Gasteiger partial charge in [-0.3, -0.25) is 0 Å². The molecule has 4 rings (SSSR count). The van der Waals surface area contributed by atoms with Gasteiger partial charge in [-0.2, -0.15) is 0 Å². The molecule has 0 aliphatic carbocycles. The summed E-state index contributed by atoms with van der Waals surface area (Å²) in [6.45, 7) is 0. The molecule has 0 bridgehead atoms. The fourth-order valence-electron chi connectivity index (χ4n) is 2.82. The van der Waals surface area contributed by atoms with Gasteiger partial charge in [-0.05, 0) is 29.8 Å². The predicted molar refractivity (Wildman–Crippen MR) is 93.6 cm³/mol. The lowest BCUT2D eigenvalue weighted by Crippen LogP contribution is -1.92.